The summed E-state index contributed by atoms with van der Waals surface area (Å²) in [6, 6.07) is 8.74. The van der Waals surface area contributed by atoms with Crippen molar-refractivity contribution in [1.82, 2.24) is 4.90 Å². The maximum absolute atomic E-state index is 14.0. The van der Waals surface area contributed by atoms with Gasteiger partial charge in [0, 0.05) is 17.1 Å². The van der Waals surface area contributed by atoms with Crippen LogP contribution in [0.2, 0.25) is 0 Å². The number of aliphatic hydroxyl groups is 4. The van der Waals surface area contributed by atoms with Crippen molar-refractivity contribution in [2.45, 2.75) is 30.6 Å². The quantitative estimate of drug-likeness (QED) is 0.303. The highest BCUT2D eigenvalue weighted by molar-refractivity contribution is 6.25. The lowest BCUT2D eigenvalue weighted by atomic mass is 9.55. The third-order valence-corrected chi connectivity index (χ3v) is 8.53. The molecule has 0 heterocycles. The van der Waals surface area contributed by atoms with Crippen molar-refractivity contribution < 1.29 is 44.7 Å². The summed E-state index contributed by atoms with van der Waals surface area (Å²) in [5, 5.41) is 57.1. The van der Waals surface area contributed by atoms with Crippen molar-refractivity contribution >= 4 is 17.5 Å². The summed E-state index contributed by atoms with van der Waals surface area (Å²) >= 11 is 0. The Bertz CT molecular complexity index is 1520. The number of amides is 1. The molecule has 0 saturated heterocycles. The first-order valence-electron chi connectivity index (χ1n) is 12.6. The van der Waals surface area contributed by atoms with Gasteiger partial charge in [-0.15, -0.1) is 0 Å². The van der Waals surface area contributed by atoms with Gasteiger partial charge in [0.05, 0.1) is 30.7 Å². The van der Waals surface area contributed by atoms with Crippen LogP contribution in [0.4, 0.5) is 0 Å². The van der Waals surface area contributed by atoms with Gasteiger partial charge in [-0.05, 0) is 43.3 Å². The molecule has 11 nitrogen and oxygen atoms in total. The lowest BCUT2D eigenvalue weighted by molar-refractivity contribution is -0.162. The number of hydrogen-bond acceptors (Lipinski definition) is 10. The smallest absolute Gasteiger partial charge is 0.255 e. The highest BCUT2D eigenvalue weighted by Gasteiger charge is 2.67. The van der Waals surface area contributed by atoms with E-state index in [0.717, 1.165) is 0 Å². The number of hydrogen-bond donors (Lipinski definition) is 6. The normalized spacial score (nSPS) is 29.7. The van der Waals surface area contributed by atoms with E-state index in [1.807, 2.05) is 0 Å². The Morgan fingerprint density at radius 2 is 1.68 bits per heavy atom. The van der Waals surface area contributed by atoms with E-state index >= 15 is 0 Å². The number of rotatable bonds is 4. The average molecular weight is 551 g/mol. The summed E-state index contributed by atoms with van der Waals surface area (Å²) in [6.07, 6.45) is -1.64. The van der Waals surface area contributed by atoms with Crippen LogP contribution >= 0.6 is 0 Å². The highest BCUT2D eigenvalue weighted by atomic mass is 16.5. The molecule has 0 radical (unpaired) electrons. The van der Waals surface area contributed by atoms with Crippen LogP contribution < -0.4 is 10.5 Å². The zero-order valence-electron chi connectivity index (χ0n) is 22.2. The Balaban J connectivity index is 1.74. The summed E-state index contributed by atoms with van der Waals surface area (Å²) in [6.45, 7) is 1.68. The van der Waals surface area contributed by atoms with Gasteiger partial charge in [0.15, 0.2) is 11.4 Å². The van der Waals surface area contributed by atoms with Crippen LogP contribution in [0.15, 0.2) is 59.1 Å². The molecule has 1 unspecified atom stereocenters. The summed E-state index contributed by atoms with van der Waals surface area (Å²) in [5.74, 6) is -8.59. The topological polar surface area (TPSA) is 191 Å². The number of phenols is 1. The molecule has 0 saturated carbocycles. The van der Waals surface area contributed by atoms with Crippen LogP contribution in [0.25, 0.3) is 11.1 Å². The molecule has 7 N–H and O–H groups in total. The first-order valence-corrected chi connectivity index (χ1v) is 12.6. The largest absolute Gasteiger partial charge is 0.510 e. The van der Waals surface area contributed by atoms with Gasteiger partial charge in [-0.2, -0.15) is 0 Å². The molecule has 11 heteroatoms. The number of phenolic OH excluding ortho intramolecular Hbond substituents is 1. The first-order chi connectivity index (χ1) is 18.8. The monoisotopic (exact) mass is 550 g/mol. The molecule has 1 amide bonds. The molecule has 5 rings (SSSR count). The summed E-state index contributed by atoms with van der Waals surface area (Å²) in [7, 11) is 4.49. The van der Waals surface area contributed by atoms with Gasteiger partial charge in [0.2, 0.25) is 5.78 Å². The van der Waals surface area contributed by atoms with E-state index in [1.165, 1.54) is 26.1 Å². The zero-order chi connectivity index (χ0) is 29.4. The molecule has 3 aliphatic carbocycles. The molecule has 6 atom stereocenters. The zero-order valence-corrected chi connectivity index (χ0v) is 22.2. The fourth-order valence-electron chi connectivity index (χ4n) is 6.63. The van der Waals surface area contributed by atoms with Crippen molar-refractivity contribution in [2.24, 2.45) is 17.6 Å². The van der Waals surface area contributed by atoms with Gasteiger partial charge in [0.25, 0.3) is 5.91 Å². The summed E-state index contributed by atoms with van der Waals surface area (Å²) in [4.78, 5) is 41.0. The maximum atomic E-state index is 14.0. The van der Waals surface area contributed by atoms with Crippen LogP contribution in [-0.2, 0) is 9.59 Å². The molecule has 210 valence electrons. The highest BCUT2D eigenvalue weighted by Crippen LogP contribution is 2.56. The van der Waals surface area contributed by atoms with Gasteiger partial charge in [0.1, 0.15) is 28.6 Å². The number of carbonyl (C=O) groups is 3. The minimum absolute atomic E-state index is 0.145. The predicted octanol–water partition coefficient (Wildman–Crippen LogP) is 1.33. The number of carbonyl (C=O) groups excluding carboxylic acids is 3. The SMILES string of the molecule is COc1ccc(-c2ccc3c(c2O)C(=O)C2=C(O)[C@]4(O)C(=O)C(C(N)=O)=C(O)[C@@H](N(C)C)[C@@H]4[C@@H](O)[C@@H]2C3C)cc1. The third-order valence-electron chi connectivity index (χ3n) is 8.53. The number of Topliss-reactive ketones (excluding diaryl/α,β-unsaturated/α-hetero) is 2. The Morgan fingerprint density at radius 1 is 1.05 bits per heavy atom. The van der Waals surface area contributed by atoms with Crippen molar-refractivity contribution in [3.05, 3.63) is 70.2 Å². The molecule has 0 aliphatic heterocycles. The third kappa shape index (κ3) is 3.44. The molecule has 0 spiro atoms. The minimum atomic E-state index is -2.95. The lowest BCUT2D eigenvalue weighted by Gasteiger charge is -2.53. The van der Waals surface area contributed by atoms with Gasteiger partial charge >= 0.3 is 0 Å². The van der Waals surface area contributed by atoms with Crippen LogP contribution in [0.1, 0.15) is 28.8 Å². The molecule has 0 fully saturated rings. The molecule has 3 aliphatic rings. The van der Waals surface area contributed by atoms with Crippen LogP contribution in [0.3, 0.4) is 0 Å². The van der Waals surface area contributed by atoms with E-state index in [4.69, 9.17) is 10.5 Å². The number of primary amides is 1. The summed E-state index contributed by atoms with van der Waals surface area (Å²) in [5.41, 5.74) is 2.16. The van der Waals surface area contributed by atoms with E-state index in [0.29, 0.717) is 22.4 Å². The molecule has 0 bridgehead atoms. The Kier molecular flexibility index (Phi) is 6.29. The first kappa shape index (κ1) is 27.4. The van der Waals surface area contributed by atoms with Gasteiger partial charge in [-0.25, -0.2) is 0 Å². The Labute approximate surface area is 229 Å². The van der Waals surface area contributed by atoms with Gasteiger partial charge < -0.3 is 36.0 Å². The molecule has 0 aromatic heterocycles. The molecule has 2 aromatic rings. The number of nitrogens with zero attached hydrogens (tertiary/aromatic N) is 1. The van der Waals surface area contributed by atoms with Crippen molar-refractivity contribution in [1.29, 1.82) is 0 Å². The molecular weight excluding hydrogens is 520 g/mol. The molecule has 40 heavy (non-hydrogen) atoms. The maximum Gasteiger partial charge on any atom is 0.255 e. The number of ketones is 2. The van der Waals surface area contributed by atoms with E-state index in [-0.39, 0.29) is 11.3 Å². The van der Waals surface area contributed by atoms with Gasteiger partial charge in [-0.1, -0.05) is 31.2 Å². The fraction of sp³-hybridized carbons (Fsp3) is 0.345. The number of aromatic hydroxyl groups is 1. The fourth-order valence-corrected chi connectivity index (χ4v) is 6.63. The van der Waals surface area contributed by atoms with E-state index in [9.17, 15) is 39.9 Å². The van der Waals surface area contributed by atoms with Crippen molar-refractivity contribution in [3.63, 3.8) is 0 Å². The number of ether oxygens (including phenoxy) is 1. The van der Waals surface area contributed by atoms with E-state index in [1.54, 1.807) is 43.3 Å². The number of benzene rings is 2. The number of nitrogens with two attached hydrogens (primary N) is 1. The predicted molar refractivity (Wildman–Crippen MR) is 142 cm³/mol. The van der Waals surface area contributed by atoms with Crippen molar-refractivity contribution in [3.8, 4) is 22.6 Å². The van der Waals surface area contributed by atoms with E-state index in [2.05, 4.69) is 0 Å². The lowest BCUT2D eigenvalue weighted by Crippen LogP contribution is -2.68. The molecular formula is C29H30N2O9. The van der Waals surface area contributed by atoms with Crippen LogP contribution in [-0.4, -0.2) is 86.9 Å². The second kappa shape index (κ2) is 9.19. The second-order valence-electron chi connectivity index (χ2n) is 10.7. The van der Waals surface area contributed by atoms with E-state index < -0.39 is 75.6 Å². The molecule has 2 aromatic carbocycles. The number of fused-ring (bicyclic) bond motifs is 3. The average Bonchev–Trinajstić information content (AvgIpc) is 2.90. The van der Waals surface area contributed by atoms with Crippen LogP contribution in [0.5, 0.6) is 11.5 Å². The Hall–Kier alpha value is -4.19. The number of likely N-dealkylation sites (N-methyl/N-ethyl adjacent to an activating group) is 1. The number of aliphatic hydroxyl groups excluding tert-OH is 3. The van der Waals surface area contributed by atoms with Crippen molar-refractivity contribution in [2.75, 3.05) is 21.2 Å². The second-order valence-corrected chi connectivity index (χ2v) is 10.7. The number of methoxy groups -OCH3 is 1. The minimum Gasteiger partial charge on any atom is -0.510 e. The van der Waals surface area contributed by atoms with Gasteiger partial charge in [-0.3, -0.25) is 19.3 Å². The Morgan fingerprint density at radius 3 is 2.23 bits per heavy atom. The van der Waals surface area contributed by atoms with Crippen LogP contribution in [0, 0.1) is 11.8 Å². The standard InChI is InChI=1S/C29H30N2O9/c1-11-14-9-10-15(12-5-7-13(40-4)8-6-12)22(32)17(14)23(33)18-16(11)24(34)20-21(31(2)3)25(35)19(28(30)38)27(37)29(20,39)26(18)36/h5-11,16,20-21,24,32,34-36,39H,1-4H3,(H2,30,38)/t11?,16-,20-,21+,24+,29+/m1/s1. The summed E-state index contributed by atoms with van der Waals surface area (Å²) < 4.78 is 5.17.